The number of carbonyl (C=O) groups is 5. The summed E-state index contributed by atoms with van der Waals surface area (Å²) in [7, 11) is 8.01. The van der Waals surface area contributed by atoms with Crippen LogP contribution in [0.3, 0.4) is 0 Å². The number of ether oxygens (including phenoxy) is 2. The molecule has 14 nitrogen and oxygen atoms in total. The predicted octanol–water partition coefficient (Wildman–Crippen LogP) is 8.21. The number of nitrogens with zero attached hydrogens (tertiary/aromatic N) is 4. The van der Waals surface area contributed by atoms with Crippen molar-refractivity contribution in [3.8, 4) is 0 Å². The third-order valence-corrected chi connectivity index (χ3v) is 10.5. The van der Waals surface area contributed by atoms with Crippen molar-refractivity contribution in [2.75, 3.05) is 67.5 Å². The van der Waals surface area contributed by atoms with Crippen LogP contribution in [0.5, 0.6) is 0 Å². The zero-order valence-corrected chi connectivity index (χ0v) is 41.7. The monoisotopic (exact) mass is 890 g/mol. The molecule has 0 unspecified atom stereocenters. The number of carbonyl (C=O) groups excluding carboxylic acids is 5. The van der Waals surface area contributed by atoms with Gasteiger partial charge in [-0.2, -0.15) is 0 Å². The number of hydrogen-bond donors (Lipinski definition) is 3. The first-order chi connectivity index (χ1) is 29.7. The maximum Gasteiger partial charge on any atom is 0.408 e. The number of unbranched alkanes of at least 4 members (excludes halogenated alkanes) is 9. The SMILES string of the molecule is CCCCCC=CCC=CCCCCCCCC(=O)N[C@H]1C[C@@H](C(=O)N(CCCN(C)C)CCCN(C)C)N(C(=O)[C@@H](CCCCNC(=O)OC(C)(C)C)NC(=O)OC(C)(C)C)C1. The van der Waals surface area contributed by atoms with E-state index >= 15 is 0 Å². The second-order valence-corrected chi connectivity index (χ2v) is 19.7. The van der Waals surface area contributed by atoms with Crippen molar-refractivity contribution >= 4 is 29.9 Å². The molecule has 0 spiro atoms. The fourth-order valence-corrected chi connectivity index (χ4v) is 7.40. The van der Waals surface area contributed by atoms with Crippen molar-refractivity contribution in [1.82, 2.24) is 35.6 Å². The van der Waals surface area contributed by atoms with Gasteiger partial charge in [0, 0.05) is 38.6 Å². The summed E-state index contributed by atoms with van der Waals surface area (Å²) in [5.74, 6) is -0.629. The highest BCUT2D eigenvalue weighted by atomic mass is 16.6. The van der Waals surface area contributed by atoms with Crippen molar-refractivity contribution in [2.24, 2.45) is 0 Å². The molecule has 1 aliphatic heterocycles. The van der Waals surface area contributed by atoms with Gasteiger partial charge >= 0.3 is 12.2 Å². The van der Waals surface area contributed by atoms with Crippen molar-refractivity contribution < 1.29 is 33.4 Å². The molecule has 0 saturated carbocycles. The first kappa shape index (κ1) is 57.4. The number of likely N-dealkylation sites (tertiary alicyclic amines) is 1. The van der Waals surface area contributed by atoms with E-state index in [9.17, 15) is 24.0 Å². The zero-order chi connectivity index (χ0) is 47.3. The van der Waals surface area contributed by atoms with Gasteiger partial charge in [0.15, 0.2) is 0 Å². The van der Waals surface area contributed by atoms with E-state index in [1.807, 2.05) is 33.1 Å². The smallest absolute Gasteiger partial charge is 0.408 e. The quantitative estimate of drug-likeness (QED) is 0.0462. The number of alkyl carbamates (subject to hydrolysis) is 2. The Labute approximate surface area is 383 Å². The first-order valence-electron chi connectivity index (χ1n) is 24.2. The van der Waals surface area contributed by atoms with E-state index in [0.29, 0.717) is 38.9 Å². The summed E-state index contributed by atoms with van der Waals surface area (Å²) in [6.45, 7) is 16.0. The average molecular weight is 890 g/mol. The van der Waals surface area contributed by atoms with Gasteiger partial charge in [-0.1, -0.05) is 63.3 Å². The van der Waals surface area contributed by atoms with E-state index in [-0.39, 0.29) is 31.2 Å². The largest absolute Gasteiger partial charge is 0.444 e. The Morgan fingerprint density at radius 1 is 0.683 bits per heavy atom. The Hall–Kier alpha value is -3.65. The van der Waals surface area contributed by atoms with Gasteiger partial charge in [-0.15, -0.1) is 0 Å². The van der Waals surface area contributed by atoms with Crippen LogP contribution in [0.1, 0.15) is 164 Å². The molecule has 5 amide bonds. The lowest BCUT2D eigenvalue weighted by Crippen LogP contribution is -2.55. The summed E-state index contributed by atoms with van der Waals surface area (Å²) in [5.41, 5.74) is -1.42. The van der Waals surface area contributed by atoms with E-state index in [2.05, 4.69) is 57.0 Å². The molecule has 1 aliphatic rings. The standard InChI is InChI=1S/C49H91N7O7/c1-12-13-14-15-16-17-18-19-20-21-22-23-24-25-26-32-43(57)51-40-38-42(45(59)55(36-29-34-53(8)9)37-30-35-54(10)11)56(39-40)44(58)41(52-47(61)63-49(5,6)7)31-27-28-33-50-46(60)62-48(2,3)4/h16-17,19-20,40-42H,12-15,18,21-39H2,1-11H3,(H,50,60)(H,51,57)(H,52,61)/t40-,41+,42-/m0/s1. The van der Waals surface area contributed by atoms with E-state index in [1.54, 1.807) is 46.4 Å². The summed E-state index contributed by atoms with van der Waals surface area (Å²) in [5, 5.41) is 8.70. The molecule has 0 aromatic rings. The fourth-order valence-electron chi connectivity index (χ4n) is 7.40. The number of allylic oxidation sites excluding steroid dienone is 4. The molecule has 0 radical (unpaired) electrons. The summed E-state index contributed by atoms with van der Waals surface area (Å²) >= 11 is 0. The number of hydrogen-bond acceptors (Lipinski definition) is 9. The molecule has 1 rings (SSSR count). The molecule has 14 heteroatoms. The van der Waals surface area contributed by atoms with Gasteiger partial charge in [0.05, 0.1) is 0 Å². The molecule has 1 saturated heterocycles. The maximum absolute atomic E-state index is 14.6. The minimum Gasteiger partial charge on any atom is -0.444 e. The van der Waals surface area contributed by atoms with Crippen LogP contribution in [0.2, 0.25) is 0 Å². The third-order valence-electron chi connectivity index (χ3n) is 10.5. The van der Waals surface area contributed by atoms with Gasteiger partial charge in [0.2, 0.25) is 17.7 Å². The highest BCUT2D eigenvalue weighted by molar-refractivity contribution is 5.92. The van der Waals surface area contributed by atoms with Gasteiger partial charge in [-0.3, -0.25) is 14.4 Å². The summed E-state index contributed by atoms with van der Waals surface area (Å²) in [4.78, 5) is 75.5. The average Bonchev–Trinajstić information content (AvgIpc) is 3.59. The summed E-state index contributed by atoms with van der Waals surface area (Å²) < 4.78 is 10.9. The van der Waals surface area contributed by atoms with E-state index in [0.717, 1.165) is 70.9 Å². The van der Waals surface area contributed by atoms with Gasteiger partial charge in [0.25, 0.3) is 0 Å². The topological polar surface area (TPSA) is 153 Å². The molecular formula is C49H91N7O7. The van der Waals surface area contributed by atoms with Gasteiger partial charge in [-0.05, 0) is 160 Å². The number of nitrogens with one attached hydrogen (secondary N) is 3. The number of rotatable bonds is 31. The van der Waals surface area contributed by atoms with Crippen LogP contribution in [0.15, 0.2) is 24.3 Å². The Kier molecular flexibility index (Phi) is 29.2. The van der Waals surface area contributed by atoms with Crippen LogP contribution in [0.25, 0.3) is 0 Å². The van der Waals surface area contributed by atoms with Crippen LogP contribution in [-0.2, 0) is 23.9 Å². The Morgan fingerprint density at radius 2 is 1.24 bits per heavy atom. The normalized spacial score (nSPS) is 16.2. The maximum atomic E-state index is 14.6. The number of amides is 5. The van der Waals surface area contributed by atoms with E-state index < -0.39 is 47.4 Å². The van der Waals surface area contributed by atoms with E-state index in [1.165, 1.54) is 25.7 Å². The van der Waals surface area contributed by atoms with Gasteiger partial charge in [-0.25, -0.2) is 9.59 Å². The summed E-state index contributed by atoms with van der Waals surface area (Å²) in [6.07, 6.45) is 23.4. The summed E-state index contributed by atoms with van der Waals surface area (Å²) in [6, 6.07) is -2.22. The molecular weight excluding hydrogens is 799 g/mol. The lowest BCUT2D eigenvalue weighted by molar-refractivity contribution is -0.145. The van der Waals surface area contributed by atoms with Crippen LogP contribution in [-0.4, -0.2) is 146 Å². The van der Waals surface area contributed by atoms with Gasteiger partial charge < -0.3 is 45.0 Å². The van der Waals surface area contributed by atoms with Crippen molar-refractivity contribution in [2.45, 2.75) is 193 Å². The van der Waals surface area contributed by atoms with Crippen LogP contribution in [0.4, 0.5) is 9.59 Å². The molecule has 63 heavy (non-hydrogen) atoms. The van der Waals surface area contributed by atoms with Crippen molar-refractivity contribution in [3.05, 3.63) is 24.3 Å². The zero-order valence-electron chi connectivity index (χ0n) is 41.7. The van der Waals surface area contributed by atoms with Crippen LogP contribution >= 0.6 is 0 Å². The Morgan fingerprint density at radius 3 is 1.81 bits per heavy atom. The lowest BCUT2D eigenvalue weighted by atomic mass is 10.1. The predicted molar refractivity (Wildman–Crippen MR) is 256 cm³/mol. The van der Waals surface area contributed by atoms with Crippen molar-refractivity contribution in [1.29, 1.82) is 0 Å². The highest BCUT2D eigenvalue weighted by Crippen LogP contribution is 2.24. The molecule has 3 N–H and O–H groups in total. The Bertz CT molecular complexity index is 1360. The molecule has 1 fully saturated rings. The molecule has 3 atom stereocenters. The first-order valence-corrected chi connectivity index (χ1v) is 24.2. The second kappa shape index (κ2) is 32.1. The van der Waals surface area contributed by atoms with Crippen LogP contribution < -0.4 is 16.0 Å². The third kappa shape index (κ3) is 29.4. The fraction of sp³-hybridized carbons (Fsp3) is 0.816. The minimum absolute atomic E-state index is 0.0825. The molecule has 1 heterocycles. The highest BCUT2D eigenvalue weighted by Gasteiger charge is 2.44. The van der Waals surface area contributed by atoms with Crippen molar-refractivity contribution in [3.63, 3.8) is 0 Å². The lowest BCUT2D eigenvalue weighted by Gasteiger charge is -2.33. The minimum atomic E-state index is -0.991. The second-order valence-electron chi connectivity index (χ2n) is 19.7. The Balaban J connectivity index is 3.07. The molecule has 0 aromatic heterocycles. The van der Waals surface area contributed by atoms with Crippen LogP contribution in [0, 0.1) is 0 Å². The molecule has 364 valence electrons. The molecule has 0 aromatic carbocycles. The van der Waals surface area contributed by atoms with Gasteiger partial charge in [0.1, 0.15) is 23.3 Å². The van der Waals surface area contributed by atoms with E-state index in [4.69, 9.17) is 9.47 Å². The molecule has 0 bridgehead atoms. The molecule has 0 aliphatic carbocycles.